The van der Waals surface area contributed by atoms with Crippen LogP contribution < -0.4 is 0 Å². The molecule has 0 bridgehead atoms. The number of likely N-dealkylation sites (tertiary alicyclic amines) is 1. The molecule has 0 atom stereocenters. The molecule has 1 heterocycles. The van der Waals surface area contributed by atoms with Crippen molar-refractivity contribution in [2.45, 2.75) is 19.9 Å². The van der Waals surface area contributed by atoms with Crippen LogP contribution in [-0.2, 0) is 11.3 Å². The van der Waals surface area contributed by atoms with Gasteiger partial charge in [0.1, 0.15) is 0 Å². The van der Waals surface area contributed by atoms with E-state index >= 15 is 0 Å². The number of rotatable bonds is 3. The Hall–Kier alpha value is -2.19. The third-order valence-corrected chi connectivity index (χ3v) is 4.17. The normalized spacial score (nSPS) is 17.9. The van der Waals surface area contributed by atoms with Crippen molar-refractivity contribution >= 4 is 11.9 Å². The van der Waals surface area contributed by atoms with E-state index in [1.54, 1.807) is 0 Å². The molecule has 2 heteroatoms. The van der Waals surface area contributed by atoms with Crippen molar-refractivity contribution in [3.8, 4) is 0 Å². The molecule has 2 aromatic carbocycles. The smallest absolute Gasteiger partial charge is 0.161 e. The van der Waals surface area contributed by atoms with E-state index in [0.717, 1.165) is 30.8 Å². The Morgan fingerprint density at radius 3 is 2.55 bits per heavy atom. The molecule has 3 rings (SSSR count). The van der Waals surface area contributed by atoms with E-state index < -0.39 is 0 Å². The Morgan fingerprint density at radius 2 is 1.77 bits per heavy atom. The van der Waals surface area contributed by atoms with Crippen molar-refractivity contribution in [2.24, 2.45) is 0 Å². The summed E-state index contributed by atoms with van der Waals surface area (Å²) in [5.41, 5.74) is 4.58. The highest BCUT2D eigenvalue weighted by atomic mass is 16.1. The fourth-order valence-electron chi connectivity index (χ4n) is 2.87. The van der Waals surface area contributed by atoms with E-state index in [4.69, 9.17) is 0 Å². The zero-order valence-corrected chi connectivity index (χ0v) is 13.0. The second kappa shape index (κ2) is 6.71. The van der Waals surface area contributed by atoms with E-state index in [0.29, 0.717) is 6.42 Å². The summed E-state index contributed by atoms with van der Waals surface area (Å²) in [4.78, 5) is 14.6. The molecule has 0 aliphatic carbocycles. The van der Waals surface area contributed by atoms with E-state index in [1.165, 1.54) is 11.1 Å². The highest BCUT2D eigenvalue weighted by Crippen LogP contribution is 2.19. The molecule has 1 aliphatic rings. The maximum Gasteiger partial charge on any atom is 0.161 e. The number of piperidine rings is 1. The van der Waals surface area contributed by atoms with Crippen LogP contribution in [0.15, 0.2) is 60.2 Å². The van der Waals surface area contributed by atoms with Crippen LogP contribution >= 0.6 is 0 Å². The van der Waals surface area contributed by atoms with Gasteiger partial charge < -0.3 is 0 Å². The average Bonchev–Trinajstić information content (AvgIpc) is 2.54. The van der Waals surface area contributed by atoms with Crippen LogP contribution in [0, 0.1) is 6.92 Å². The summed E-state index contributed by atoms with van der Waals surface area (Å²) in [6.07, 6.45) is 2.68. The van der Waals surface area contributed by atoms with Gasteiger partial charge in [-0.25, -0.2) is 0 Å². The summed E-state index contributed by atoms with van der Waals surface area (Å²) in [6, 6.07) is 18.7. The summed E-state index contributed by atoms with van der Waals surface area (Å²) >= 11 is 0. The lowest BCUT2D eigenvalue weighted by Crippen LogP contribution is -2.35. The molecule has 2 aromatic rings. The fraction of sp³-hybridized carbons (Fsp3) is 0.250. The number of carbonyl (C=O) groups is 1. The Labute approximate surface area is 132 Å². The molecule has 1 aliphatic heterocycles. The van der Waals surface area contributed by atoms with Crippen LogP contribution in [0.3, 0.4) is 0 Å². The zero-order valence-electron chi connectivity index (χ0n) is 13.0. The second-order valence-electron chi connectivity index (χ2n) is 5.90. The number of hydrogen-bond donors (Lipinski definition) is 0. The van der Waals surface area contributed by atoms with Gasteiger partial charge >= 0.3 is 0 Å². The van der Waals surface area contributed by atoms with Crippen LogP contribution in [0.25, 0.3) is 6.08 Å². The molecule has 0 amide bonds. The van der Waals surface area contributed by atoms with Crippen LogP contribution in [0.5, 0.6) is 0 Å². The van der Waals surface area contributed by atoms with Gasteiger partial charge in [-0.2, -0.15) is 0 Å². The number of ketones is 1. The molecule has 0 unspecified atom stereocenters. The maximum absolute atomic E-state index is 12.2. The molecule has 22 heavy (non-hydrogen) atoms. The van der Waals surface area contributed by atoms with Crippen LogP contribution in [0.4, 0.5) is 0 Å². The molecule has 0 radical (unpaired) electrons. The molecule has 0 N–H and O–H groups in total. The van der Waals surface area contributed by atoms with Gasteiger partial charge in [-0.3, -0.25) is 9.69 Å². The van der Waals surface area contributed by atoms with E-state index in [9.17, 15) is 4.79 Å². The lowest BCUT2D eigenvalue weighted by atomic mass is 9.98. The highest BCUT2D eigenvalue weighted by molar-refractivity contribution is 6.00. The Morgan fingerprint density at radius 1 is 1.05 bits per heavy atom. The number of Topliss-reactive ketones (excluding diaryl/α,β-unsaturated/α-hetero) is 1. The van der Waals surface area contributed by atoms with Crippen LogP contribution in [-0.4, -0.2) is 23.8 Å². The molecule has 0 spiro atoms. The molecule has 0 aromatic heterocycles. The van der Waals surface area contributed by atoms with E-state index in [2.05, 4.69) is 54.3 Å². The number of hydrogen-bond acceptors (Lipinski definition) is 2. The lowest BCUT2D eigenvalue weighted by molar-refractivity contribution is -0.117. The first-order valence-electron chi connectivity index (χ1n) is 7.78. The molecule has 1 saturated heterocycles. The summed E-state index contributed by atoms with van der Waals surface area (Å²) in [5, 5.41) is 0. The molecule has 2 nitrogen and oxygen atoms in total. The van der Waals surface area contributed by atoms with Crippen LogP contribution in [0.1, 0.15) is 23.1 Å². The fourth-order valence-corrected chi connectivity index (χ4v) is 2.87. The SMILES string of the molecule is Cc1ccccc1/C=C1\CN(Cc2ccccc2)CCC1=O. The van der Waals surface area contributed by atoms with E-state index in [1.807, 2.05) is 18.2 Å². The van der Waals surface area contributed by atoms with Gasteiger partial charge in [-0.05, 0) is 29.7 Å². The molecular weight excluding hydrogens is 270 g/mol. The molecule has 0 saturated carbocycles. The Kier molecular flexibility index (Phi) is 4.50. The van der Waals surface area contributed by atoms with Gasteiger partial charge in [0.25, 0.3) is 0 Å². The highest BCUT2D eigenvalue weighted by Gasteiger charge is 2.21. The van der Waals surface area contributed by atoms with Gasteiger partial charge in [-0.1, -0.05) is 54.6 Å². The first kappa shape index (κ1) is 14.7. The van der Waals surface area contributed by atoms with Crippen molar-refractivity contribution in [2.75, 3.05) is 13.1 Å². The second-order valence-corrected chi connectivity index (χ2v) is 5.90. The third kappa shape index (κ3) is 3.52. The minimum Gasteiger partial charge on any atom is -0.294 e. The number of nitrogens with zero attached hydrogens (tertiary/aromatic N) is 1. The first-order valence-corrected chi connectivity index (χ1v) is 7.78. The number of benzene rings is 2. The van der Waals surface area contributed by atoms with Crippen molar-refractivity contribution < 1.29 is 4.79 Å². The Balaban J connectivity index is 1.77. The standard InChI is InChI=1S/C20H21NO/c1-16-7-5-6-10-18(16)13-19-15-21(12-11-20(19)22)14-17-8-3-2-4-9-17/h2-10,13H,11-12,14-15H2,1H3/b19-13+. The van der Waals surface area contributed by atoms with E-state index in [-0.39, 0.29) is 5.78 Å². The number of aryl methyl sites for hydroxylation is 1. The van der Waals surface area contributed by atoms with Crippen molar-refractivity contribution in [3.05, 3.63) is 76.9 Å². The van der Waals surface area contributed by atoms with Gasteiger partial charge in [-0.15, -0.1) is 0 Å². The predicted molar refractivity (Wildman–Crippen MR) is 90.5 cm³/mol. The van der Waals surface area contributed by atoms with Crippen molar-refractivity contribution in [1.29, 1.82) is 0 Å². The molecule has 112 valence electrons. The van der Waals surface area contributed by atoms with Gasteiger partial charge in [0.05, 0.1) is 0 Å². The van der Waals surface area contributed by atoms with Crippen molar-refractivity contribution in [1.82, 2.24) is 4.90 Å². The Bertz CT molecular complexity index is 688. The third-order valence-electron chi connectivity index (χ3n) is 4.17. The topological polar surface area (TPSA) is 20.3 Å². The monoisotopic (exact) mass is 291 g/mol. The van der Waals surface area contributed by atoms with Gasteiger partial charge in [0.15, 0.2) is 5.78 Å². The van der Waals surface area contributed by atoms with Crippen molar-refractivity contribution in [3.63, 3.8) is 0 Å². The predicted octanol–water partition coefficient (Wildman–Crippen LogP) is 3.85. The minimum atomic E-state index is 0.285. The zero-order chi connectivity index (χ0) is 15.4. The largest absolute Gasteiger partial charge is 0.294 e. The van der Waals surface area contributed by atoms with Crippen LogP contribution in [0.2, 0.25) is 0 Å². The lowest BCUT2D eigenvalue weighted by Gasteiger charge is -2.28. The summed E-state index contributed by atoms with van der Waals surface area (Å²) in [5.74, 6) is 0.285. The van der Waals surface area contributed by atoms with Gasteiger partial charge in [0.2, 0.25) is 0 Å². The minimum absolute atomic E-state index is 0.285. The quantitative estimate of drug-likeness (QED) is 0.801. The summed E-state index contributed by atoms with van der Waals surface area (Å²) in [7, 11) is 0. The average molecular weight is 291 g/mol. The summed E-state index contributed by atoms with van der Waals surface area (Å²) in [6.45, 7) is 4.57. The van der Waals surface area contributed by atoms with Gasteiger partial charge in [0, 0.05) is 31.6 Å². The number of carbonyl (C=O) groups excluding carboxylic acids is 1. The summed E-state index contributed by atoms with van der Waals surface area (Å²) < 4.78 is 0. The first-order chi connectivity index (χ1) is 10.7. The maximum atomic E-state index is 12.2. The molecule has 1 fully saturated rings. The molecular formula is C20H21NO.